The minimum absolute atomic E-state index is 0.603. The molecule has 5 nitrogen and oxygen atoms in total. The van der Waals surface area contributed by atoms with Gasteiger partial charge in [-0.05, 0) is 51.6 Å². The fourth-order valence-corrected chi connectivity index (χ4v) is 7.58. The van der Waals surface area contributed by atoms with E-state index in [-0.39, 0.29) is 0 Å². The lowest BCUT2D eigenvalue weighted by Crippen LogP contribution is -2.00. The van der Waals surface area contributed by atoms with Gasteiger partial charge in [-0.3, -0.25) is 0 Å². The van der Waals surface area contributed by atoms with Gasteiger partial charge in [0, 0.05) is 33.4 Å². The molecular formula is C55H37N5. The van der Waals surface area contributed by atoms with Crippen molar-refractivity contribution in [3.8, 4) is 101 Å². The molecule has 282 valence electrons. The lowest BCUT2D eigenvalue weighted by Gasteiger charge is -2.17. The molecule has 0 amide bonds. The zero-order valence-corrected chi connectivity index (χ0v) is 32.6. The quantitative estimate of drug-likeness (QED) is 0.146. The Morgan fingerprint density at radius 2 is 0.517 bits per heavy atom. The third-order valence-electron chi connectivity index (χ3n) is 10.6. The number of nitrogens with zero attached hydrogens (tertiary/aromatic N) is 5. The van der Waals surface area contributed by atoms with Crippen molar-refractivity contribution in [3.05, 3.63) is 224 Å². The van der Waals surface area contributed by atoms with Crippen molar-refractivity contribution in [2.45, 2.75) is 0 Å². The SMILES string of the molecule is c1ccc(-c2cc(-c3ccc(-c4cc(-c5nc(-c6ccccc6)nc(-c6ccccc6)n5)ccc4-c4ccccc4)cc3-c3ccccc3)nc(-c3ccccc3)n2)cc1. The van der Waals surface area contributed by atoms with Crippen LogP contribution in [-0.4, -0.2) is 24.9 Å². The van der Waals surface area contributed by atoms with Crippen molar-refractivity contribution in [2.75, 3.05) is 0 Å². The van der Waals surface area contributed by atoms with E-state index in [4.69, 9.17) is 24.9 Å². The summed E-state index contributed by atoms with van der Waals surface area (Å²) in [5, 5.41) is 0. The number of hydrogen-bond donors (Lipinski definition) is 0. The predicted octanol–water partition coefficient (Wildman–Crippen LogP) is 13.7. The Hall–Kier alpha value is -8.15. The number of hydrogen-bond acceptors (Lipinski definition) is 5. The first-order valence-electron chi connectivity index (χ1n) is 20.0. The number of rotatable bonds is 9. The summed E-state index contributed by atoms with van der Waals surface area (Å²) in [7, 11) is 0. The summed E-state index contributed by atoms with van der Waals surface area (Å²) >= 11 is 0. The van der Waals surface area contributed by atoms with E-state index in [1.165, 1.54) is 0 Å². The van der Waals surface area contributed by atoms with Crippen LogP contribution in [-0.2, 0) is 0 Å². The maximum atomic E-state index is 5.24. The van der Waals surface area contributed by atoms with E-state index in [1.807, 2.05) is 97.1 Å². The monoisotopic (exact) mass is 767 g/mol. The molecule has 0 fully saturated rings. The van der Waals surface area contributed by atoms with Crippen molar-refractivity contribution >= 4 is 0 Å². The Kier molecular flexibility index (Phi) is 9.88. The van der Waals surface area contributed by atoms with Crippen LogP contribution < -0.4 is 0 Å². The molecule has 0 spiro atoms. The Bertz CT molecular complexity index is 2930. The third kappa shape index (κ3) is 7.51. The molecule has 2 aromatic heterocycles. The van der Waals surface area contributed by atoms with Crippen LogP contribution in [0.4, 0.5) is 0 Å². The molecule has 0 saturated heterocycles. The fourth-order valence-electron chi connectivity index (χ4n) is 7.58. The van der Waals surface area contributed by atoms with Gasteiger partial charge in [-0.25, -0.2) is 24.9 Å². The Morgan fingerprint density at radius 3 is 1.02 bits per heavy atom. The summed E-state index contributed by atoms with van der Waals surface area (Å²) in [6.07, 6.45) is 0. The molecule has 0 N–H and O–H groups in total. The maximum absolute atomic E-state index is 5.24. The van der Waals surface area contributed by atoms with Gasteiger partial charge in [0.05, 0.1) is 11.4 Å². The van der Waals surface area contributed by atoms with E-state index in [1.54, 1.807) is 0 Å². The molecule has 0 atom stereocenters. The van der Waals surface area contributed by atoms with E-state index in [2.05, 4.69) is 127 Å². The van der Waals surface area contributed by atoms with Gasteiger partial charge in [-0.15, -0.1) is 0 Å². The number of aromatic nitrogens is 5. The summed E-state index contributed by atoms with van der Waals surface area (Å²) in [4.78, 5) is 25.4. The zero-order chi connectivity index (χ0) is 40.1. The first-order valence-corrected chi connectivity index (χ1v) is 20.0. The predicted molar refractivity (Wildman–Crippen MR) is 244 cm³/mol. The van der Waals surface area contributed by atoms with Gasteiger partial charge >= 0.3 is 0 Å². The van der Waals surface area contributed by atoms with Crippen LogP contribution in [0.1, 0.15) is 0 Å². The highest BCUT2D eigenvalue weighted by atomic mass is 15.0. The summed E-state index contributed by atoms with van der Waals surface area (Å²) in [5.41, 5.74) is 13.9. The summed E-state index contributed by atoms with van der Waals surface area (Å²) in [5.74, 6) is 2.53. The standard InChI is InChI=1S/C55H37N5/c1-7-19-38(20-8-1)46-33-32-45(55-59-53(42-27-15-5-16-28-42)58-54(60-55)43-29-17-6-18-30-43)36-49(46)44-31-34-47(48(35-44)39-21-9-2-10-22-39)51-37-50(40-23-11-3-12-24-40)56-52(57-51)41-25-13-4-14-26-41/h1-37H. The van der Waals surface area contributed by atoms with Crippen molar-refractivity contribution < 1.29 is 0 Å². The molecule has 0 saturated carbocycles. The van der Waals surface area contributed by atoms with Crippen LogP contribution in [0.3, 0.4) is 0 Å². The largest absolute Gasteiger partial charge is 0.228 e. The highest BCUT2D eigenvalue weighted by molar-refractivity contribution is 5.92. The molecular weight excluding hydrogens is 731 g/mol. The molecule has 2 heterocycles. The van der Waals surface area contributed by atoms with Gasteiger partial charge in [-0.1, -0.05) is 206 Å². The zero-order valence-electron chi connectivity index (χ0n) is 32.6. The fraction of sp³-hybridized carbons (Fsp3) is 0. The smallest absolute Gasteiger partial charge is 0.164 e. The average molecular weight is 768 g/mol. The van der Waals surface area contributed by atoms with E-state index in [9.17, 15) is 0 Å². The van der Waals surface area contributed by atoms with E-state index in [0.29, 0.717) is 23.3 Å². The second-order valence-electron chi connectivity index (χ2n) is 14.5. The molecule has 0 radical (unpaired) electrons. The van der Waals surface area contributed by atoms with Gasteiger partial charge in [0.25, 0.3) is 0 Å². The molecule has 0 unspecified atom stereocenters. The van der Waals surface area contributed by atoms with Crippen molar-refractivity contribution in [3.63, 3.8) is 0 Å². The van der Waals surface area contributed by atoms with Crippen LogP contribution in [0, 0.1) is 0 Å². The van der Waals surface area contributed by atoms with Crippen LogP contribution in [0.15, 0.2) is 224 Å². The first-order chi connectivity index (χ1) is 29.7. The normalized spacial score (nSPS) is 11.0. The Balaban J connectivity index is 1.18. The summed E-state index contributed by atoms with van der Waals surface area (Å²) < 4.78 is 0. The minimum Gasteiger partial charge on any atom is -0.228 e. The topological polar surface area (TPSA) is 64.5 Å². The molecule has 0 bridgehead atoms. The lowest BCUT2D eigenvalue weighted by atomic mass is 9.88. The summed E-state index contributed by atoms with van der Waals surface area (Å²) in [6.45, 7) is 0. The van der Waals surface area contributed by atoms with Crippen molar-refractivity contribution in [2.24, 2.45) is 0 Å². The minimum atomic E-state index is 0.603. The van der Waals surface area contributed by atoms with Crippen LogP contribution in [0.5, 0.6) is 0 Å². The molecule has 5 heteroatoms. The molecule has 8 aromatic carbocycles. The maximum Gasteiger partial charge on any atom is 0.164 e. The Labute approximate surface area is 349 Å². The second kappa shape index (κ2) is 16.4. The summed E-state index contributed by atoms with van der Waals surface area (Å²) in [6, 6.07) is 77.1. The van der Waals surface area contributed by atoms with E-state index in [0.717, 1.165) is 78.1 Å². The van der Waals surface area contributed by atoms with Crippen LogP contribution in [0.2, 0.25) is 0 Å². The highest BCUT2D eigenvalue weighted by Gasteiger charge is 2.19. The van der Waals surface area contributed by atoms with Crippen LogP contribution in [0.25, 0.3) is 101 Å². The van der Waals surface area contributed by atoms with Crippen LogP contribution >= 0.6 is 0 Å². The molecule has 0 aliphatic carbocycles. The second-order valence-corrected chi connectivity index (χ2v) is 14.5. The first kappa shape index (κ1) is 36.2. The van der Waals surface area contributed by atoms with E-state index < -0.39 is 0 Å². The van der Waals surface area contributed by atoms with Gasteiger partial charge in [0.1, 0.15) is 0 Å². The molecule has 0 aliphatic heterocycles. The van der Waals surface area contributed by atoms with Crippen molar-refractivity contribution in [1.82, 2.24) is 24.9 Å². The lowest BCUT2D eigenvalue weighted by molar-refractivity contribution is 1.07. The van der Waals surface area contributed by atoms with Gasteiger partial charge in [0.2, 0.25) is 0 Å². The molecule has 0 aliphatic rings. The Morgan fingerprint density at radius 1 is 0.183 bits per heavy atom. The molecule has 60 heavy (non-hydrogen) atoms. The van der Waals surface area contributed by atoms with Gasteiger partial charge in [0.15, 0.2) is 23.3 Å². The third-order valence-corrected chi connectivity index (χ3v) is 10.6. The molecule has 10 aromatic rings. The van der Waals surface area contributed by atoms with Crippen molar-refractivity contribution in [1.29, 1.82) is 0 Å². The van der Waals surface area contributed by atoms with Gasteiger partial charge in [-0.2, -0.15) is 0 Å². The highest BCUT2D eigenvalue weighted by Crippen LogP contribution is 2.41. The van der Waals surface area contributed by atoms with E-state index >= 15 is 0 Å². The van der Waals surface area contributed by atoms with Gasteiger partial charge < -0.3 is 0 Å². The number of benzene rings is 8. The molecule has 10 rings (SSSR count). The average Bonchev–Trinajstić information content (AvgIpc) is 3.35.